The fraction of sp³-hybridized carbons (Fsp3) is 0.500. The summed E-state index contributed by atoms with van der Waals surface area (Å²) >= 11 is 0. The van der Waals surface area contributed by atoms with Gasteiger partial charge in [-0.2, -0.15) is 13.3 Å². The minimum atomic E-state index is -1.07. The second-order valence-electron chi connectivity index (χ2n) is 6.09. The Balaban J connectivity index is 2.05. The normalized spacial score (nSPS) is 25.4. The minimum absolute atomic E-state index is 1.07. The topological polar surface area (TPSA) is 0 Å². The van der Waals surface area contributed by atoms with Crippen LogP contribution in [0, 0.1) is 13.3 Å². The van der Waals surface area contributed by atoms with Crippen molar-refractivity contribution in [3.05, 3.63) is 37.6 Å². The molecule has 1 aromatic carbocycles. The number of rotatable bonds is 2. The first kappa shape index (κ1) is 13.1. The first-order valence-electron chi connectivity index (χ1n) is 7.17. The highest BCUT2D eigenvalue weighted by molar-refractivity contribution is 7.89. The molecule has 0 aliphatic carbocycles. The molecule has 98 valence electrons. The smallest absolute Gasteiger partial charge is 0.104 e. The Hall–Kier alpha value is 0.0800. The zero-order valence-corrected chi connectivity index (χ0v) is 13.1. The Kier molecular flexibility index (Phi) is 3.55. The summed E-state index contributed by atoms with van der Waals surface area (Å²) in [6.07, 6.45) is 11.1. The molecule has 2 saturated heterocycles. The average Bonchev–Trinajstić information content (AvgIpc) is 3.00. The van der Waals surface area contributed by atoms with E-state index >= 15 is 0 Å². The third-order valence-electron chi connectivity index (χ3n) is 4.75. The second-order valence-corrected chi connectivity index (χ2v) is 13.4. The monoisotopic (exact) mass is 278 g/mol. The summed E-state index contributed by atoms with van der Waals surface area (Å²) in [5.74, 6) is 0. The van der Waals surface area contributed by atoms with E-state index in [1.165, 1.54) is 50.3 Å². The lowest BCUT2D eigenvalue weighted by atomic mass is 10.4. The zero-order valence-electron chi connectivity index (χ0n) is 11.3. The minimum Gasteiger partial charge on any atom is -0.175 e. The van der Waals surface area contributed by atoms with E-state index in [0.717, 1.165) is 0 Å². The predicted octanol–water partition coefficient (Wildman–Crippen LogP) is 4.14. The van der Waals surface area contributed by atoms with Gasteiger partial charge in [0.25, 0.3) is 0 Å². The van der Waals surface area contributed by atoms with Crippen LogP contribution in [0.25, 0.3) is 0 Å². The van der Waals surface area contributed by atoms with Gasteiger partial charge >= 0.3 is 0 Å². The van der Waals surface area contributed by atoms with Crippen molar-refractivity contribution < 1.29 is 0 Å². The van der Waals surface area contributed by atoms with Crippen molar-refractivity contribution in [1.82, 2.24) is 0 Å². The molecule has 2 aliphatic heterocycles. The van der Waals surface area contributed by atoms with Crippen LogP contribution < -0.4 is 10.6 Å². The standard InChI is InChI=1S/C16H24P2/c1-17(11-5-6-12-17)15-9-3-4-10-16(15)18(2)13-7-8-14-18/h3-4,9-10H,1-2,5-8,11-14H2. The van der Waals surface area contributed by atoms with Crippen molar-refractivity contribution in [2.45, 2.75) is 25.7 Å². The molecule has 0 unspecified atom stereocenters. The lowest BCUT2D eigenvalue weighted by molar-refractivity contribution is 0.949. The van der Waals surface area contributed by atoms with Crippen molar-refractivity contribution >= 4 is 25.1 Å². The molecule has 3 rings (SSSR count). The number of hydrogen-bond acceptors (Lipinski definition) is 0. The number of benzene rings is 1. The molecular formula is C16H24P2. The highest BCUT2D eigenvalue weighted by atomic mass is 31.2. The Bertz CT molecular complexity index is 385. The van der Waals surface area contributed by atoms with Crippen molar-refractivity contribution in [1.29, 1.82) is 0 Å². The van der Waals surface area contributed by atoms with Crippen molar-refractivity contribution in [2.75, 3.05) is 24.6 Å². The van der Waals surface area contributed by atoms with Gasteiger partial charge in [0.2, 0.25) is 0 Å². The maximum Gasteiger partial charge on any atom is 0.104 e. The van der Waals surface area contributed by atoms with Crippen molar-refractivity contribution in [2.24, 2.45) is 0 Å². The van der Waals surface area contributed by atoms with Gasteiger partial charge in [-0.1, -0.05) is 26.7 Å². The van der Waals surface area contributed by atoms with Gasteiger partial charge in [0.15, 0.2) is 0 Å². The lowest BCUT2D eigenvalue weighted by Gasteiger charge is -2.32. The fourth-order valence-corrected chi connectivity index (χ4v) is 11.6. The van der Waals surface area contributed by atoms with E-state index in [9.17, 15) is 0 Å². The molecule has 0 aromatic heterocycles. The molecule has 0 nitrogen and oxygen atoms in total. The summed E-state index contributed by atoms with van der Waals surface area (Å²) in [5, 5.41) is 3.32. The second kappa shape index (κ2) is 4.88. The summed E-state index contributed by atoms with van der Waals surface area (Å²) in [5.41, 5.74) is 0. The van der Waals surface area contributed by atoms with E-state index in [4.69, 9.17) is 13.3 Å². The summed E-state index contributed by atoms with van der Waals surface area (Å²) in [6.45, 7) is 9.41. The van der Waals surface area contributed by atoms with Crippen molar-refractivity contribution in [3.63, 3.8) is 0 Å². The molecule has 0 N–H and O–H groups in total. The quantitative estimate of drug-likeness (QED) is 0.563. The van der Waals surface area contributed by atoms with Crippen LogP contribution >= 0.6 is 14.5 Å². The predicted molar refractivity (Wildman–Crippen MR) is 88.2 cm³/mol. The Morgan fingerprint density at radius 1 is 0.667 bits per heavy atom. The molecule has 2 heterocycles. The van der Waals surface area contributed by atoms with E-state index in [-0.39, 0.29) is 0 Å². The van der Waals surface area contributed by atoms with Crippen LogP contribution in [0.2, 0.25) is 0 Å². The Morgan fingerprint density at radius 2 is 1.00 bits per heavy atom. The summed E-state index contributed by atoms with van der Waals surface area (Å²) in [7, 11) is -2.13. The first-order valence-corrected chi connectivity index (χ1v) is 11.9. The van der Waals surface area contributed by atoms with Gasteiger partial charge in [0.05, 0.1) is 0 Å². The molecule has 0 atom stereocenters. The van der Waals surface area contributed by atoms with E-state index in [1.54, 1.807) is 10.6 Å². The van der Waals surface area contributed by atoms with Crippen molar-refractivity contribution in [3.8, 4) is 0 Å². The molecule has 2 heteroatoms. The van der Waals surface area contributed by atoms with Gasteiger partial charge in [-0.25, -0.2) is 0 Å². The molecule has 0 amide bonds. The van der Waals surface area contributed by atoms with Gasteiger partial charge in [-0.15, -0.1) is 0 Å². The molecule has 1 aromatic rings. The van der Waals surface area contributed by atoms with Gasteiger partial charge in [-0.3, -0.25) is 0 Å². The molecule has 18 heavy (non-hydrogen) atoms. The molecule has 0 bridgehead atoms. The highest BCUT2D eigenvalue weighted by Gasteiger charge is 2.41. The number of hydrogen-bond donors (Lipinski definition) is 0. The largest absolute Gasteiger partial charge is 0.175 e. The first-order chi connectivity index (χ1) is 8.64. The summed E-state index contributed by atoms with van der Waals surface area (Å²) < 4.78 is 0. The van der Waals surface area contributed by atoms with Gasteiger partial charge in [0, 0.05) is 24.6 Å². The fourth-order valence-electron chi connectivity index (χ4n) is 3.63. The molecule has 2 fully saturated rings. The van der Waals surface area contributed by atoms with Crippen LogP contribution in [0.1, 0.15) is 25.7 Å². The maximum atomic E-state index is 4.70. The molecule has 0 saturated carbocycles. The summed E-state index contributed by atoms with van der Waals surface area (Å²) in [6, 6.07) is 9.25. The van der Waals surface area contributed by atoms with E-state index in [2.05, 4.69) is 24.3 Å². The van der Waals surface area contributed by atoms with Gasteiger partial charge in [0.1, 0.15) is 10.6 Å². The van der Waals surface area contributed by atoms with E-state index in [1.807, 2.05) is 0 Å². The lowest BCUT2D eigenvalue weighted by Crippen LogP contribution is -2.30. The maximum absolute atomic E-state index is 4.70. The highest BCUT2D eigenvalue weighted by Crippen LogP contribution is 2.66. The third-order valence-corrected chi connectivity index (χ3v) is 12.4. The van der Waals surface area contributed by atoms with Gasteiger partial charge < -0.3 is 0 Å². The van der Waals surface area contributed by atoms with E-state index in [0.29, 0.717) is 0 Å². The molecule has 0 radical (unpaired) electrons. The zero-order chi connectivity index (χ0) is 12.6. The Labute approximate surface area is 113 Å². The van der Waals surface area contributed by atoms with Crippen LogP contribution in [0.4, 0.5) is 0 Å². The van der Waals surface area contributed by atoms with Gasteiger partial charge in [-0.05, 0) is 37.8 Å². The third kappa shape index (κ3) is 2.17. The molecule has 0 spiro atoms. The summed E-state index contributed by atoms with van der Waals surface area (Å²) in [4.78, 5) is 0. The van der Waals surface area contributed by atoms with Crippen LogP contribution in [0.15, 0.2) is 24.3 Å². The van der Waals surface area contributed by atoms with Crippen LogP contribution in [-0.4, -0.2) is 24.6 Å². The molecular weight excluding hydrogens is 254 g/mol. The van der Waals surface area contributed by atoms with Crippen LogP contribution in [-0.2, 0) is 0 Å². The SMILES string of the molecule is [CH2-][P+]1(c2ccccc2[P+]2([CH2-])CCCC2)CCCC1. The van der Waals surface area contributed by atoms with Crippen LogP contribution in [0.3, 0.4) is 0 Å². The Morgan fingerprint density at radius 3 is 1.33 bits per heavy atom. The average molecular weight is 278 g/mol. The van der Waals surface area contributed by atoms with E-state index < -0.39 is 14.5 Å². The van der Waals surface area contributed by atoms with Crippen LogP contribution in [0.5, 0.6) is 0 Å². The molecule has 2 aliphatic rings.